The van der Waals surface area contributed by atoms with E-state index in [-0.39, 0.29) is 11.9 Å². The zero-order valence-electron chi connectivity index (χ0n) is 17.2. The number of fused-ring (bicyclic) bond motifs is 1. The first-order chi connectivity index (χ1) is 14.9. The van der Waals surface area contributed by atoms with E-state index in [1.54, 1.807) is 18.2 Å². The average molecular weight is 424 g/mol. The van der Waals surface area contributed by atoms with E-state index in [9.17, 15) is 8.78 Å². The van der Waals surface area contributed by atoms with Crippen LogP contribution in [0.25, 0.3) is 16.5 Å². The van der Waals surface area contributed by atoms with Gasteiger partial charge in [0.1, 0.15) is 17.3 Å². The van der Waals surface area contributed by atoms with Crippen LogP contribution in [0.4, 0.5) is 20.3 Å². The third-order valence-corrected chi connectivity index (χ3v) is 4.07. The predicted molar refractivity (Wildman–Crippen MR) is 119 cm³/mol. The standard InChI is InChI=1S/C23H22F2N4O2/c1-5-15(13-26-4)21-28-20-10-9-18(30-14(2)3)12-19(20)22(29-21)27-16-7-6-8-17(11-16)31-23(24)25/h5-14,23H,1,4H2,2-3H3,(H,27,28,29)/b15-13+. The van der Waals surface area contributed by atoms with Gasteiger partial charge >= 0.3 is 6.61 Å². The number of rotatable bonds is 9. The number of hydrogen-bond acceptors (Lipinski definition) is 6. The summed E-state index contributed by atoms with van der Waals surface area (Å²) in [5.74, 6) is 1.53. The Kier molecular flexibility index (Phi) is 6.92. The fourth-order valence-corrected chi connectivity index (χ4v) is 2.86. The monoisotopic (exact) mass is 424 g/mol. The molecule has 0 fully saturated rings. The maximum absolute atomic E-state index is 12.6. The molecule has 31 heavy (non-hydrogen) atoms. The first kappa shape index (κ1) is 21.9. The maximum atomic E-state index is 12.6. The molecule has 6 nitrogen and oxygen atoms in total. The first-order valence-corrected chi connectivity index (χ1v) is 9.48. The van der Waals surface area contributed by atoms with E-state index in [2.05, 4.69) is 38.3 Å². The summed E-state index contributed by atoms with van der Waals surface area (Å²) in [6.45, 7) is 8.18. The molecule has 1 heterocycles. The number of allylic oxidation sites excluding steroid dienone is 2. The lowest BCUT2D eigenvalue weighted by Gasteiger charge is -2.14. The molecule has 0 saturated carbocycles. The normalized spacial score (nSPS) is 11.6. The van der Waals surface area contributed by atoms with Crippen LogP contribution in [0.5, 0.6) is 11.5 Å². The van der Waals surface area contributed by atoms with Crippen LogP contribution in [0.2, 0.25) is 0 Å². The number of nitrogens with one attached hydrogen (secondary N) is 1. The zero-order chi connectivity index (χ0) is 22.4. The van der Waals surface area contributed by atoms with Gasteiger partial charge in [-0.3, -0.25) is 4.99 Å². The third-order valence-electron chi connectivity index (χ3n) is 4.07. The molecule has 1 N–H and O–H groups in total. The van der Waals surface area contributed by atoms with Gasteiger partial charge in [-0.1, -0.05) is 18.7 Å². The van der Waals surface area contributed by atoms with Crippen molar-refractivity contribution in [3.05, 3.63) is 67.1 Å². The third kappa shape index (κ3) is 5.63. The van der Waals surface area contributed by atoms with Crippen LogP contribution in [0.3, 0.4) is 0 Å². The number of ether oxygens (including phenoxy) is 2. The van der Waals surface area contributed by atoms with Crippen molar-refractivity contribution < 1.29 is 18.3 Å². The SMILES string of the molecule is C=C/C(=C\N=C)c1nc(Nc2cccc(OC(F)F)c2)c2cc(OC(C)C)ccc2n1. The largest absolute Gasteiger partial charge is 0.491 e. The van der Waals surface area contributed by atoms with Crippen molar-refractivity contribution in [1.82, 2.24) is 9.97 Å². The van der Waals surface area contributed by atoms with Crippen LogP contribution in [0.1, 0.15) is 19.7 Å². The van der Waals surface area contributed by atoms with E-state index in [0.717, 1.165) is 0 Å². The molecule has 3 rings (SSSR count). The Bertz CT molecular complexity index is 1130. The summed E-state index contributed by atoms with van der Waals surface area (Å²) in [7, 11) is 0. The lowest BCUT2D eigenvalue weighted by molar-refractivity contribution is -0.0498. The van der Waals surface area contributed by atoms with E-state index < -0.39 is 6.61 Å². The van der Waals surface area contributed by atoms with Crippen LogP contribution in [0, 0.1) is 0 Å². The number of aliphatic imine (C=N–C) groups is 1. The molecule has 8 heteroatoms. The van der Waals surface area contributed by atoms with Crippen LogP contribution in [-0.2, 0) is 0 Å². The van der Waals surface area contributed by atoms with Gasteiger partial charge in [0.05, 0.1) is 11.6 Å². The number of anilines is 2. The van der Waals surface area contributed by atoms with E-state index >= 15 is 0 Å². The number of alkyl halides is 2. The molecule has 160 valence electrons. The maximum Gasteiger partial charge on any atom is 0.387 e. The molecule has 0 aliphatic carbocycles. The molecular weight excluding hydrogens is 402 g/mol. The highest BCUT2D eigenvalue weighted by atomic mass is 19.3. The molecule has 0 amide bonds. The second-order valence-corrected chi connectivity index (χ2v) is 6.74. The quantitative estimate of drug-likeness (QED) is 0.338. The Morgan fingerprint density at radius 3 is 2.55 bits per heavy atom. The molecule has 0 radical (unpaired) electrons. The van der Waals surface area contributed by atoms with Crippen LogP contribution in [0.15, 0.2) is 66.3 Å². The molecule has 0 aliphatic heterocycles. The number of benzene rings is 2. The Balaban J connectivity index is 2.12. The predicted octanol–water partition coefficient (Wildman–Crippen LogP) is 5.99. The summed E-state index contributed by atoms with van der Waals surface area (Å²) in [6, 6.07) is 11.7. The van der Waals surface area contributed by atoms with E-state index in [0.29, 0.717) is 39.6 Å². The summed E-state index contributed by atoms with van der Waals surface area (Å²) in [6.07, 6.45) is 3.07. The summed E-state index contributed by atoms with van der Waals surface area (Å²) < 4.78 is 35.4. The fourth-order valence-electron chi connectivity index (χ4n) is 2.86. The Labute approximate surface area is 179 Å². The molecule has 0 spiro atoms. The fraction of sp³-hybridized carbons (Fsp3) is 0.174. The van der Waals surface area contributed by atoms with Gasteiger partial charge in [-0.15, -0.1) is 0 Å². The summed E-state index contributed by atoms with van der Waals surface area (Å²) in [5, 5.41) is 3.85. The lowest BCUT2D eigenvalue weighted by Crippen LogP contribution is -2.06. The van der Waals surface area contributed by atoms with Gasteiger partial charge < -0.3 is 14.8 Å². The number of aromatic nitrogens is 2. The molecule has 0 unspecified atom stereocenters. The molecule has 1 aromatic heterocycles. The number of halogens is 2. The Morgan fingerprint density at radius 1 is 1.10 bits per heavy atom. The molecule has 0 bridgehead atoms. The Morgan fingerprint density at radius 2 is 1.87 bits per heavy atom. The van der Waals surface area contributed by atoms with Gasteiger partial charge in [0.25, 0.3) is 0 Å². The summed E-state index contributed by atoms with van der Waals surface area (Å²) in [4.78, 5) is 13.0. The van der Waals surface area contributed by atoms with Crippen LogP contribution >= 0.6 is 0 Å². The van der Waals surface area contributed by atoms with Gasteiger partial charge in [-0.2, -0.15) is 8.78 Å². The van der Waals surface area contributed by atoms with Gasteiger partial charge in [0.2, 0.25) is 0 Å². The van der Waals surface area contributed by atoms with Gasteiger partial charge in [0.15, 0.2) is 5.82 Å². The van der Waals surface area contributed by atoms with Gasteiger partial charge in [0, 0.05) is 28.9 Å². The molecular formula is C23H22F2N4O2. The minimum Gasteiger partial charge on any atom is -0.491 e. The van der Waals surface area contributed by atoms with Crippen molar-refractivity contribution >= 4 is 34.7 Å². The van der Waals surface area contributed by atoms with Crippen molar-refractivity contribution in [3.8, 4) is 11.5 Å². The highest BCUT2D eigenvalue weighted by Crippen LogP contribution is 2.30. The lowest BCUT2D eigenvalue weighted by atomic mass is 10.2. The van der Waals surface area contributed by atoms with Crippen molar-refractivity contribution in [2.24, 2.45) is 4.99 Å². The zero-order valence-corrected chi connectivity index (χ0v) is 17.2. The molecule has 0 aliphatic rings. The molecule has 3 aromatic rings. The first-order valence-electron chi connectivity index (χ1n) is 9.48. The van der Waals surface area contributed by atoms with Crippen LogP contribution < -0.4 is 14.8 Å². The summed E-state index contributed by atoms with van der Waals surface area (Å²) in [5.41, 5.74) is 1.75. The molecule has 0 atom stereocenters. The van der Waals surface area contributed by atoms with Gasteiger partial charge in [-0.25, -0.2) is 9.97 Å². The van der Waals surface area contributed by atoms with Crippen molar-refractivity contribution in [1.29, 1.82) is 0 Å². The van der Waals surface area contributed by atoms with E-state index in [1.165, 1.54) is 18.3 Å². The number of nitrogens with zero attached hydrogens (tertiary/aromatic N) is 3. The minimum atomic E-state index is -2.91. The van der Waals surface area contributed by atoms with E-state index in [1.807, 2.05) is 32.0 Å². The second-order valence-electron chi connectivity index (χ2n) is 6.74. The highest BCUT2D eigenvalue weighted by Gasteiger charge is 2.13. The smallest absolute Gasteiger partial charge is 0.387 e. The van der Waals surface area contributed by atoms with Gasteiger partial charge in [-0.05, 0) is 50.9 Å². The minimum absolute atomic E-state index is 0.00815. The molecule has 0 saturated heterocycles. The second kappa shape index (κ2) is 9.80. The van der Waals surface area contributed by atoms with Crippen molar-refractivity contribution in [3.63, 3.8) is 0 Å². The topological polar surface area (TPSA) is 68.6 Å². The average Bonchev–Trinajstić information content (AvgIpc) is 2.71. The van der Waals surface area contributed by atoms with Crippen molar-refractivity contribution in [2.75, 3.05) is 5.32 Å². The highest BCUT2D eigenvalue weighted by molar-refractivity contribution is 5.93. The Hall–Kier alpha value is -3.81. The molecule has 2 aromatic carbocycles. The van der Waals surface area contributed by atoms with Crippen LogP contribution in [-0.4, -0.2) is 29.4 Å². The number of hydrogen-bond donors (Lipinski definition) is 1. The summed E-state index contributed by atoms with van der Waals surface area (Å²) >= 11 is 0. The van der Waals surface area contributed by atoms with Crippen molar-refractivity contribution in [2.45, 2.75) is 26.6 Å². The van der Waals surface area contributed by atoms with E-state index in [4.69, 9.17) is 4.74 Å².